The maximum Gasteiger partial charge on any atom is 0.245 e. The Labute approximate surface area is 318 Å². The summed E-state index contributed by atoms with van der Waals surface area (Å²) >= 11 is 0. The van der Waals surface area contributed by atoms with Gasteiger partial charge in [0.25, 0.3) is 0 Å². The number of benzene rings is 1. The molecule has 0 spiro atoms. The Kier molecular flexibility index (Phi) is 18.3. The van der Waals surface area contributed by atoms with Crippen LogP contribution >= 0.6 is 0 Å². The van der Waals surface area contributed by atoms with Crippen LogP contribution in [-0.2, 0) is 28.7 Å². The Morgan fingerprint density at radius 3 is 2.02 bits per heavy atom. The van der Waals surface area contributed by atoms with Crippen LogP contribution in [0.25, 0.3) is 0 Å². The molecular weight excluding hydrogens is 679 g/mol. The summed E-state index contributed by atoms with van der Waals surface area (Å²) in [4.78, 5) is 60.6. The molecule has 4 amide bonds. The number of methoxy groups -OCH3 is 2. The van der Waals surface area contributed by atoms with Gasteiger partial charge in [0, 0.05) is 39.9 Å². The van der Waals surface area contributed by atoms with Crippen molar-refractivity contribution in [2.24, 2.45) is 29.4 Å². The van der Waals surface area contributed by atoms with E-state index in [4.69, 9.17) is 15.2 Å². The third kappa shape index (κ3) is 11.9. The number of nitrogens with zero attached hydrogens (tertiary/aromatic N) is 3. The fraction of sp³-hybridized carbons (Fsp3) is 0.750. The average molecular weight is 749 g/mol. The predicted molar refractivity (Wildman–Crippen MR) is 206 cm³/mol. The summed E-state index contributed by atoms with van der Waals surface area (Å²) in [5.74, 6) is -1.97. The molecule has 1 aromatic carbocycles. The normalized spacial score (nSPS) is 20.0. The van der Waals surface area contributed by atoms with Crippen molar-refractivity contribution in [1.29, 1.82) is 0 Å². The largest absolute Gasteiger partial charge is 0.379 e. The van der Waals surface area contributed by atoms with Gasteiger partial charge in [-0.3, -0.25) is 24.1 Å². The highest BCUT2D eigenvalue weighted by atomic mass is 19.1. The second-order valence-electron chi connectivity index (χ2n) is 15.8. The van der Waals surface area contributed by atoms with E-state index in [1.807, 2.05) is 60.5 Å². The lowest BCUT2D eigenvalue weighted by atomic mass is 9.89. The van der Waals surface area contributed by atoms with Gasteiger partial charge in [-0.1, -0.05) is 67.0 Å². The fourth-order valence-corrected chi connectivity index (χ4v) is 7.83. The number of carbonyl (C=O) groups excluding carboxylic acids is 4. The van der Waals surface area contributed by atoms with E-state index in [1.165, 1.54) is 12.1 Å². The molecule has 1 heterocycles. The quantitative estimate of drug-likeness (QED) is 0.182. The Morgan fingerprint density at radius 1 is 0.925 bits per heavy atom. The molecule has 0 bridgehead atoms. The van der Waals surface area contributed by atoms with Crippen LogP contribution in [0.4, 0.5) is 4.39 Å². The number of ether oxygens (including phenoxy) is 2. The maximum absolute atomic E-state index is 14.2. The summed E-state index contributed by atoms with van der Waals surface area (Å²) in [5, 5.41) is 6.02. The SMILES string of the molecule is CC[C@H](C)C([C@@H](CC(=O)N1CCCC1[C@H](OC)[C@@H](C)C(=O)NC(C)C(N)c1ccc(F)cc1)OC)N(C)C(=O)[C@@H](NC(=O)[C@H](C(C)C)N(C)C)C(C)C. The van der Waals surface area contributed by atoms with E-state index in [1.54, 1.807) is 57.0 Å². The Balaban J connectivity index is 2.25. The summed E-state index contributed by atoms with van der Waals surface area (Å²) in [6, 6.07) is 2.93. The smallest absolute Gasteiger partial charge is 0.245 e. The number of likely N-dealkylation sites (N-methyl/N-ethyl adjacent to an activating group) is 2. The first kappa shape index (κ1) is 46.0. The zero-order chi connectivity index (χ0) is 40.3. The molecule has 0 radical (unpaired) electrons. The monoisotopic (exact) mass is 749 g/mol. The topological polar surface area (TPSA) is 147 Å². The van der Waals surface area contributed by atoms with Gasteiger partial charge in [0.05, 0.1) is 42.7 Å². The number of hydrogen-bond donors (Lipinski definition) is 3. The number of nitrogens with one attached hydrogen (secondary N) is 2. The van der Waals surface area contributed by atoms with Crippen molar-refractivity contribution in [3.8, 4) is 0 Å². The van der Waals surface area contributed by atoms with E-state index in [0.717, 1.165) is 12.8 Å². The molecule has 1 fully saturated rings. The van der Waals surface area contributed by atoms with Crippen LogP contribution in [0.3, 0.4) is 0 Å². The van der Waals surface area contributed by atoms with Gasteiger partial charge < -0.3 is 35.6 Å². The minimum Gasteiger partial charge on any atom is -0.379 e. The Bertz CT molecular complexity index is 1320. The summed E-state index contributed by atoms with van der Waals surface area (Å²) in [7, 11) is 8.54. The van der Waals surface area contributed by atoms with Gasteiger partial charge in [0.1, 0.15) is 11.9 Å². The van der Waals surface area contributed by atoms with Crippen LogP contribution in [0.2, 0.25) is 0 Å². The molecule has 0 aliphatic carbocycles. The van der Waals surface area contributed by atoms with E-state index in [0.29, 0.717) is 18.5 Å². The standard InChI is InChI=1S/C40H69FN6O6/c1-14-25(6)36(46(11)40(51)34(23(2)3)44-39(50)35(24(4)5)45(9)10)31(52-12)22-32(48)47-21-15-16-30(47)37(53-13)26(7)38(49)43-27(8)33(42)28-17-19-29(41)20-18-28/h17-20,23-27,30-31,33-37H,14-16,21-22,42H2,1-13H3,(H,43,49)(H,44,50)/t25-,26+,27?,30?,31+,33?,34-,35-,36?,37+/m0/s1. The van der Waals surface area contributed by atoms with Crippen LogP contribution in [-0.4, -0.2) is 123 Å². The highest BCUT2D eigenvalue weighted by molar-refractivity contribution is 5.90. The molecular formula is C40H69FN6O6. The van der Waals surface area contributed by atoms with Crippen LogP contribution in [0.5, 0.6) is 0 Å². The van der Waals surface area contributed by atoms with Crippen molar-refractivity contribution >= 4 is 23.6 Å². The van der Waals surface area contributed by atoms with Gasteiger partial charge in [0.2, 0.25) is 23.6 Å². The van der Waals surface area contributed by atoms with E-state index < -0.39 is 48.3 Å². The van der Waals surface area contributed by atoms with Crippen molar-refractivity contribution in [3.05, 3.63) is 35.6 Å². The Morgan fingerprint density at radius 2 is 1.53 bits per heavy atom. The molecule has 1 aliphatic heterocycles. The zero-order valence-electron chi connectivity index (χ0n) is 34.5. The lowest BCUT2D eigenvalue weighted by molar-refractivity contribution is -0.148. The highest BCUT2D eigenvalue weighted by Gasteiger charge is 2.43. The third-order valence-electron chi connectivity index (χ3n) is 11.1. The molecule has 302 valence electrons. The first-order valence-corrected chi connectivity index (χ1v) is 19.2. The van der Waals surface area contributed by atoms with Crippen molar-refractivity contribution < 1.29 is 33.0 Å². The van der Waals surface area contributed by atoms with Gasteiger partial charge in [-0.25, -0.2) is 4.39 Å². The van der Waals surface area contributed by atoms with Crippen molar-refractivity contribution in [2.75, 3.05) is 41.9 Å². The van der Waals surface area contributed by atoms with E-state index in [-0.39, 0.29) is 59.7 Å². The van der Waals surface area contributed by atoms with Gasteiger partial charge >= 0.3 is 0 Å². The number of amides is 4. The zero-order valence-corrected chi connectivity index (χ0v) is 34.5. The molecule has 1 saturated heterocycles. The number of carbonyl (C=O) groups is 4. The number of hydrogen-bond acceptors (Lipinski definition) is 8. The van der Waals surface area contributed by atoms with Crippen LogP contribution in [0, 0.1) is 29.5 Å². The van der Waals surface area contributed by atoms with Crippen LogP contribution in [0.1, 0.15) is 92.7 Å². The molecule has 2 rings (SSSR count). The summed E-state index contributed by atoms with van der Waals surface area (Å²) in [6.45, 7) is 15.9. The lowest BCUT2D eigenvalue weighted by Gasteiger charge is -2.41. The molecule has 0 aromatic heterocycles. The van der Waals surface area contributed by atoms with Crippen LogP contribution in [0.15, 0.2) is 24.3 Å². The van der Waals surface area contributed by atoms with Gasteiger partial charge in [-0.15, -0.1) is 0 Å². The molecule has 1 aromatic rings. The number of nitrogens with two attached hydrogens (primary N) is 1. The van der Waals surface area contributed by atoms with E-state index >= 15 is 0 Å². The summed E-state index contributed by atoms with van der Waals surface area (Å²) in [6.07, 6.45) is 0.961. The fourth-order valence-electron chi connectivity index (χ4n) is 7.83. The molecule has 4 unspecified atom stereocenters. The van der Waals surface area contributed by atoms with E-state index in [2.05, 4.69) is 10.6 Å². The molecule has 0 saturated carbocycles. The summed E-state index contributed by atoms with van der Waals surface area (Å²) in [5.41, 5.74) is 7.09. The summed E-state index contributed by atoms with van der Waals surface area (Å²) < 4.78 is 25.4. The van der Waals surface area contributed by atoms with Crippen molar-refractivity contribution in [3.63, 3.8) is 0 Å². The first-order chi connectivity index (χ1) is 24.8. The molecule has 4 N–H and O–H groups in total. The molecule has 1 aliphatic rings. The lowest BCUT2D eigenvalue weighted by Crippen LogP contribution is -2.59. The third-order valence-corrected chi connectivity index (χ3v) is 11.1. The van der Waals surface area contributed by atoms with Gasteiger partial charge in [-0.2, -0.15) is 0 Å². The average Bonchev–Trinajstić information content (AvgIpc) is 3.59. The molecule has 13 heteroatoms. The molecule has 12 nitrogen and oxygen atoms in total. The number of rotatable bonds is 20. The first-order valence-electron chi connectivity index (χ1n) is 19.2. The molecule has 53 heavy (non-hydrogen) atoms. The van der Waals surface area contributed by atoms with Gasteiger partial charge in [0.15, 0.2) is 0 Å². The van der Waals surface area contributed by atoms with Crippen molar-refractivity contribution in [2.45, 2.75) is 130 Å². The Hall–Kier alpha value is -3.13. The van der Waals surface area contributed by atoms with Crippen molar-refractivity contribution in [1.82, 2.24) is 25.3 Å². The van der Waals surface area contributed by atoms with Crippen LogP contribution < -0.4 is 16.4 Å². The number of likely N-dealkylation sites (tertiary alicyclic amines) is 1. The van der Waals surface area contributed by atoms with Gasteiger partial charge in [-0.05, 0) is 69.3 Å². The molecule has 10 atom stereocenters. The minimum absolute atomic E-state index is 0.0228. The predicted octanol–water partition coefficient (Wildman–Crippen LogP) is 3.98. The number of halogens is 1. The highest BCUT2D eigenvalue weighted by Crippen LogP contribution is 2.30. The minimum atomic E-state index is -0.764. The second-order valence-corrected chi connectivity index (χ2v) is 15.8. The maximum atomic E-state index is 14.2. The second kappa shape index (κ2) is 21.1. The van der Waals surface area contributed by atoms with E-state index in [9.17, 15) is 23.6 Å².